The SMILES string of the molecule is CCN1CCN(C(=O)c2csc(N)n2)CC1C. The molecule has 1 atom stereocenters. The highest BCUT2D eigenvalue weighted by molar-refractivity contribution is 7.13. The highest BCUT2D eigenvalue weighted by atomic mass is 32.1. The van der Waals surface area contributed by atoms with Crippen LogP contribution in [-0.2, 0) is 0 Å². The third-order valence-corrected chi connectivity index (χ3v) is 3.87. The van der Waals surface area contributed by atoms with Gasteiger partial charge in [-0.05, 0) is 13.5 Å². The normalized spacial score (nSPS) is 21.8. The summed E-state index contributed by atoms with van der Waals surface area (Å²) in [5.41, 5.74) is 6.02. The first kappa shape index (κ1) is 12.3. The number of thiazole rings is 1. The van der Waals surface area contributed by atoms with Crippen LogP contribution in [0.25, 0.3) is 0 Å². The summed E-state index contributed by atoms with van der Waals surface area (Å²) in [7, 11) is 0. The number of amides is 1. The highest BCUT2D eigenvalue weighted by Gasteiger charge is 2.27. The van der Waals surface area contributed by atoms with Gasteiger partial charge in [0.25, 0.3) is 5.91 Å². The zero-order valence-corrected chi connectivity index (χ0v) is 11.0. The minimum absolute atomic E-state index is 0.000512. The molecule has 0 aromatic carbocycles. The van der Waals surface area contributed by atoms with Crippen LogP contribution >= 0.6 is 11.3 Å². The molecule has 1 aliphatic heterocycles. The summed E-state index contributed by atoms with van der Waals surface area (Å²) in [4.78, 5) is 20.4. The van der Waals surface area contributed by atoms with Gasteiger partial charge in [0.15, 0.2) is 5.13 Å². The summed E-state index contributed by atoms with van der Waals surface area (Å²) >= 11 is 1.31. The molecule has 0 aliphatic carbocycles. The van der Waals surface area contributed by atoms with E-state index in [2.05, 4.69) is 23.7 Å². The second kappa shape index (κ2) is 5.01. The molecule has 2 rings (SSSR count). The first-order valence-corrected chi connectivity index (χ1v) is 6.74. The van der Waals surface area contributed by atoms with Gasteiger partial charge in [0.1, 0.15) is 5.69 Å². The molecule has 0 radical (unpaired) electrons. The minimum Gasteiger partial charge on any atom is -0.375 e. The number of hydrogen-bond acceptors (Lipinski definition) is 5. The molecular weight excluding hydrogens is 236 g/mol. The van der Waals surface area contributed by atoms with Gasteiger partial charge in [0, 0.05) is 31.1 Å². The number of piperazine rings is 1. The second-order valence-corrected chi connectivity index (χ2v) is 5.19. The van der Waals surface area contributed by atoms with Crippen molar-refractivity contribution in [1.29, 1.82) is 0 Å². The molecule has 1 aliphatic rings. The van der Waals surface area contributed by atoms with Gasteiger partial charge >= 0.3 is 0 Å². The fourth-order valence-electron chi connectivity index (χ4n) is 2.20. The molecule has 94 valence electrons. The van der Waals surface area contributed by atoms with Crippen molar-refractivity contribution in [3.63, 3.8) is 0 Å². The third kappa shape index (κ3) is 2.58. The van der Waals surface area contributed by atoms with E-state index in [0.29, 0.717) is 16.9 Å². The summed E-state index contributed by atoms with van der Waals surface area (Å²) in [5, 5.41) is 2.18. The van der Waals surface area contributed by atoms with Gasteiger partial charge in [-0.3, -0.25) is 9.69 Å². The number of nitrogen functional groups attached to an aromatic ring is 1. The Balaban J connectivity index is 2.02. The van der Waals surface area contributed by atoms with E-state index in [-0.39, 0.29) is 5.91 Å². The largest absolute Gasteiger partial charge is 0.375 e. The fourth-order valence-corrected chi connectivity index (χ4v) is 2.73. The lowest BCUT2D eigenvalue weighted by Crippen LogP contribution is -2.53. The molecule has 0 saturated carbocycles. The first-order valence-electron chi connectivity index (χ1n) is 5.86. The van der Waals surface area contributed by atoms with Crippen LogP contribution < -0.4 is 5.73 Å². The van der Waals surface area contributed by atoms with E-state index in [1.54, 1.807) is 5.38 Å². The number of carbonyl (C=O) groups is 1. The molecule has 0 bridgehead atoms. The van der Waals surface area contributed by atoms with E-state index in [4.69, 9.17) is 5.73 Å². The zero-order chi connectivity index (χ0) is 12.4. The number of hydrogen-bond donors (Lipinski definition) is 1. The van der Waals surface area contributed by atoms with Gasteiger partial charge in [0.05, 0.1) is 0 Å². The van der Waals surface area contributed by atoms with Gasteiger partial charge in [-0.25, -0.2) is 4.98 Å². The van der Waals surface area contributed by atoms with Crippen LogP contribution in [0.4, 0.5) is 5.13 Å². The molecule has 1 saturated heterocycles. The summed E-state index contributed by atoms with van der Waals surface area (Å²) in [6.45, 7) is 7.81. The predicted octanol–water partition coefficient (Wildman–Crippen LogP) is 0.891. The van der Waals surface area contributed by atoms with Crippen molar-refractivity contribution < 1.29 is 4.79 Å². The molecule has 2 N–H and O–H groups in total. The van der Waals surface area contributed by atoms with Gasteiger partial charge in [-0.15, -0.1) is 11.3 Å². The Bertz CT molecular complexity index is 406. The molecule has 5 nitrogen and oxygen atoms in total. The molecular formula is C11H18N4OS. The Kier molecular flexibility index (Phi) is 3.63. The number of nitrogens with zero attached hydrogens (tertiary/aromatic N) is 3. The van der Waals surface area contributed by atoms with Crippen LogP contribution in [-0.4, -0.2) is 52.9 Å². The van der Waals surface area contributed by atoms with E-state index in [0.717, 1.165) is 26.2 Å². The van der Waals surface area contributed by atoms with Gasteiger partial charge in [-0.2, -0.15) is 0 Å². The summed E-state index contributed by atoms with van der Waals surface area (Å²) in [5.74, 6) is 0.000512. The molecule has 2 heterocycles. The number of nitrogens with two attached hydrogens (primary N) is 1. The number of anilines is 1. The lowest BCUT2D eigenvalue weighted by Gasteiger charge is -2.39. The standard InChI is InChI=1S/C11H18N4OS/c1-3-14-4-5-15(6-8(14)2)10(16)9-7-17-11(12)13-9/h7-8H,3-6H2,1-2H3,(H2,12,13). The van der Waals surface area contributed by atoms with Crippen LogP contribution in [0.2, 0.25) is 0 Å². The van der Waals surface area contributed by atoms with E-state index in [9.17, 15) is 4.79 Å². The Morgan fingerprint density at radius 1 is 1.65 bits per heavy atom. The molecule has 1 amide bonds. The molecule has 0 spiro atoms. The number of aromatic nitrogens is 1. The van der Waals surface area contributed by atoms with E-state index < -0.39 is 0 Å². The molecule has 1 unspecified atom stereocenters. The average molecular weight is 254 g/mol. The topological polar surface area (TPSA) is 62.5 Å². The average Bonchev–Trinajstić information content (AvgIpc) is 2.75. The predicted molar refractivity (Wildman–Crippen MR) is 69.1 cm³/mol. The fraction of sp³-hybridized carbons (Fsp3) is 0.636. The van der Waals surface area contributed by atoms with Crippen molar-refractivity contribution in [2.24, 2.45) is 0 Å². The quantitative estimate of drug-likeness (QED) is 0.851. The van der Waals surface area contributed by atoms with Crippen molar-refractivity contribution in [2.45, 2.75) is 19.9 Å². The highest BCUT2D eigenvalue weighted by Crippen LogP contribution is 2.16. The molecule has 1 fully saturated rings. The lowest BCUT2D eigenvalue weighted by atomic mass is 10.2. The molecule has 17 heavy (non-hydrogen) atoms. The Hall–Kier alpha value is -1.14. The number of carbonyl (C=O) groups excluding carboxylic acids is 1. The van der Waals surface area contributed by atoms with Crippen LogP contribution in [0.1, 0.15) is 24.3 Å². The van der Waals surface area contributed by atoms with Crippen molar-refractivity contribution in [1.82, 2.24) is 14.8 Å². The second-order valence-electron chi connectivity index (χ2n) is 4.30. The Morgan fingerprint density at radius 2 is 2.41 bits per heavy atom. The first-order chi connectivity index (χ1) is 8.11. The minimum atomic E-state index is 0.000512. The van der Waals surface area contributed by atoms with Crippen molar-refractivity contribution in [3.05, 3.63) is 11.1 Å². The van der Waals surface area contributed by atoms with Crippen LogP contribution in [0.3, 0.4) is 0 Å². The van der Waals surface area contributed by atoms with Crippen LogP contribution in [0.5, 0.6) is 0 Å². The Morgan fingerprint density at radius 3 is 2.94 bits per heavy atom. The van der Waals surface area contributed by atoms with Crippen molar-refractivity contribution >= 4 is 22.4 Å². The van der Waals surface area contributed by atoms with E-state index in [1.807, 2.05) is 4.90 Å². The number of likely N-dealkylation sites (N-methyl/N-ethyl adjacent to an activating group) is 1. The van der Waals surface area contributed by atoms with Crippen LogP contribution in [0, 0.1) is 0 Å². The van der Waals surface area contributed by atoms with Gasteiger partial charge < -0.3 is 10.6 Å². The summed E-state index contributed by atoms with van der Waals surface area (Å²) in [6, 6.07) is 0.411. The maximum absolute atomic E-state index is 12.1. The molecule has 1 aromatic heterocycles. The van der Waals surface area contributed by atoms with E-state index >= 15 is 0 Å². The third-order valence-electron chi connectivity index (χ3n) is 3.20. The van der Waals surface area contributed by atoms with E-state index in [1.165, 1.54) is 11.3 Å². The molecule has 1 aromatic rings. The maximum Gasteiger partial charge on any atom is 0.273 e. The zero-order valence-electron chi connectivity index (χ0n) is 10.2. The van der Waals surface area contributed by atoms with Crippen molar-refractivity contribution in [3.8, 4) is 0 Å². The lowest BCUT2D eigenvalue weighted by molar-refractivity contribution is 0.0524. The summed E-state index contributed by atoms with van der Waals surface area (Å²) in [6.07, 6.45) is 0. The van der Waals surface area contributed by atoms with Crippen molar-refractivity contribution in [2.75, 3.05) is 31.9 Å². The van der Waals surface area contributed by atoms with Gasteiger partial charge in [-0.1, -0.05) is 6.92 Å². The number of rotatable bonds is 2. The van der Waals surface area contributed by atoms with Crippen LogP contribution in [0.15, 0.2) is 5.38 Å². The monoisotopic (exact) mass is 254 g/mol. The summed E-state index contributed by atoms with van der Waals surface area (Å²) < 4.78 is 0. The van der Waals surface area contributed by atoms with Gasteiger partial charge in [0.2, 0.25) is 0 Å². The molecule has 6 heteroatoms. The smallest absolute Gasteiger partial charge is 0.273 e. The Labute approximate surface area is 105 Å². The maximum atomic E-state index is 12.1.